The Morgan fingerprint density at radius 1 is 1.11 bits per heavy atom. The molecule has 2 amide bonds. The van der Waals surface area contributed by atoms with Crippen molar-refractivity contribution in [2.75, 3.05) is 26.8 Å². The molecule has 0 aliphatic carbocycles. The lowest BCUT2D eigenvalue weighted by molar-refractivity contribution is -0.138. The summed E-state index contributed by atoms with van der Waals surface area (Å²) in [4.78, 5) is 23.1. The molecule has 0 bridgehead atoms. The van der Waals surface area contributed by atoms with Crippen molar-refractivity contribution in [3.8, 4) is 11.5 Å². The summed E-state index contributed by atoms with van der Waals surface area (Å²) >= 11 is 0. The normalized spacial score (nSPS) is 14.3. The van der Waals surface area contributed by atoms with Crippen LogP contribution >= 0.6 is 0 Å². The van der Waals surface area contributed by atoms with Crippen molar-refractivity contribution in [3.63, 3.8) is 0 Å². The fourth-order valence-electron chi connectivity index (χ4n) is 2.58. The number of hydrogen-bond donors (Lipinski definition) is 2. The Labute approximate surface area is 155 Å². The minimum Gasteiger partial charge on any atom is -0.486 e. The number of amides is 2. The van der Waals surface area contributed by atoms with Gasteiger partial charge in [-0.2, -0.15) is 0 Å². The first-order valence-electron chi connectivity index (χ1n) is 8.10. The average molecular weight is 394 g/mol. The van der Waals surface area contributed by atoms with Crippen LogP contribution in [0.4, 0.5) is 0 Å². The zero-order valence-corrected chi connectivity index (χ0v) is 15.2. The molecule has 0 saturated carbocycles. The van der Waals surface area contributed by atoms with Crippen LogP contribution in [0, 0.1) is 0 Å². The van der Waals surface area contributed by atoms with Crippen molar-refractivity contribution in [2.45, 2.75) is 10.1 Å². The van der Waals surface area contributed by atoms with Crippen LogP contribution in [0.5, 0.6) is 11.5 Å². The largest absolute Gasteiger partial charge is 0.486 e. The standard InChI is InChI=1S/C17H18N2O7S/c1-18-16(20)17(21)19-10-15(13-3-2-6-24-13)27(22,23)11-4-5-12-14(9-11)26-8-7-25-12/h2-6,9,15H,7-8,10H2,1H3,(H,18,20)(H,19,21)/t15-/m1/s1. The van der Waals surface area contributed by atoms with Crippen molar-refractivity contribution in [1.82, 2.24) is 10.6 Å². The van der Waals surface area contributed by atoms with Crippen LogP contribution in [-0.4, -0.2) is 47.0 Å². The number of nitrogens with one attached hydrogen (secondary N) is 2. The van der Waals surface area contributed by atoms with E-state index in [2.05, 4.69) is 10.6 Å². The highest BCUT2D eigenvalue weighted by atomic mass is 32.2. The van der Waals surface area contributed by atoms with Crippen molar-refractivity contribution < 1.29 is 31.9 Å². The predicted octanol–water partition coefficient (Wildman–Crippen LogP) is 0.428. The second-order valence-electron chi connectivity index (χ2n) is 5.64. The Bertz CT molecular complexity index is 938. The quantitative estimate of drug-likeness (QED) is 0.705. The zero-order chi connectivity index (χ0) is 19.4. The number of likely N-dealkylation sites (N-methyl/N-ethyl adjacent to an activating group) is 1. The van der Waals surface area contributed by atoms with Crippen LogP contribution in [0.1, 0.15) is 11.0 Å². The molecule has 3 rings (SSSR count). The fraction of sp³-hybridized carbons (Fsp3) is 0.294. The highest BCUT2D eigenvalue weighted by Crippen LogP contribution is 2.36. The Morgan fingerprint density at radius 2 is 1.85 bits per heavy atom. The summed E-state index contributed by atoms with van der Waals surface area (Å²) < 4.78 is 42.4. The molecule has 1 aromatic heterocycles. The minimum atomic E-state index is -3.96. The molecular weight excluding hydrogens is 376 g/mol. The third kappa shape index (κ3) is 3.90. The highest BCUT2D eigenvalue weighted by Gasteiger charge is 2.33. The fourth-order valence-corrected chi connectivity index (χ4v) is 4.18. The molecule has 1 atom stereocenters. The van der Waals surface area contributed by atoms with Crippen LogP contribution in [0.2, 0.25) is 0 Å². The van der Waals surface area contributed by atoms with Crippen LogP contribution in [0.25, 0.3) is 0 Å². The van der Waals surface area contributed by atoms with Crippen molar-refractivity contribution >= 4 is 21.7 Å². The third-order valence-corrected chi connectivity index (χ3v) is 6.02. The molecule has 1 aliphatic heterocycles. The van der Waals surface area contributed by atoms with E-state index in [1.54, 1.807) is 6.07 Å². The van der Waals surface area contributed by atoms with E-state index in [-0.39, 0.29) is 17.2 Å². The lowest BCUT2D eigenvalue weighted by Crippen LogP contribution is -2.40. The molecule has 0 saturated heterocycles. The number of ether oxygens (including phenoxy) is 2. The number of furan rings is 1. The monoisotopic (exact) mass is 394 g/mol. The van der Waals surface area contributed by atoms with Gasteiger partial charge in [0.25, 0.3) is 0 Å². The van der Waals surface area contributed by atoms with Crippen LogP contribution in [0.15, 0.2) is 45.9 Å². The van der Waals surface area contributed by atoms with E-state index in [0.29, 0.717) is 24.7 Å². The van der Waals surface area contributed by atoms with Gasteiger partial charge in [-0.1, -0.05) is 0 Å². The molecule has 0 unspecified atom stereocenters. The lowest BCUT2D eigenvalue weighted by Gasteiger charge is -2.20. The van der Waals surface area contributed by atoms with E-state index < -0.39 is 26.9 Å². The van der Waals surface area contributed by atoms with Crippen molar-refractivity contribution in [3.05, 3.63) is 42.4 Å². The number of hydrogen-bond acceptors (Lipinski definition) is 7. The van der Waals surface area contributed by atoms with E-state index in [0.717, 1.165) is 0 Å². The van der Waals surface area contributed by atoms with Gasteiger partial charge in [0.05, 0.1) is 11.2 Å². The Kier molecular flexibility index (Phi) is 5.36. The van der Waals surface area contributed by atoms with Crippen molar-refractivity contribution in [2.24, 2.45) is 0 Å². The van der Waals surface area contributed by atoms with Gasteiger partial charge in [0.15, 0.2) is 21.3 Å². The van der Waals surface area contributed by atoms with E-state index >= 15 is 0 Å². The average Bonchev–Trinajstić information content (AvgIpc) is 3.21. The Hall–Kier alpha value is -3.01. The first-order valence-corrected chi connectivity index (χ1v) is 9.65. The molecule has 10 heteroatoms. The van der Waals surface area contributed by atoms with Crippen LogP contribution < -0.4 is 20.1 Å². The Balaban J connectivity index is 1.91. The van der Waals surface area contributed by atoms with Gasteiger partial charge in [-0.3, -0.25) is 9.59 Å². The topological polar surface area (TPSA) is 124 Å². The molecule has 0 radical (unpaired) electrons. The van der Waals surface area contributed by atoms with Gasteiger partial charge >= 0.3 is 11.8 Å². The summed E-state index contributed by atoms with van der Waals surface area (Å²) in [7, 11) is -2.66. The van der Waals surface area contributed by atoms with E-state index in [9.17, 15) is 18.0 Å². The molecule has 9 nitrogen and oxygen atoms in total. The van der Waals surface area contributed by atoms with Gasteiger partial charge < -0.3 is 24.5 Å². The van der Waals surface area contributed by atoms with Gasteiger partial charge in [-0.15, -0.1) is 0 Å². The minimum absolute atomic E-state index is 0.0117. The van der Waals surface area contributed by atoms with Gasteiger partial charge in [-0.25, -0.2) is 8.42 Å². The molecule has 0 fully saturated rings. The van der Waals surface area contributed by atoms with Gasteiger partial charge in [0.2, 0.25) is 0 Å². The van der Waals surface area contributed by atoms with E-state index in [1.165, 1.54) is 37.6 Å². The number of rotatable bonds is 5. The molecule has 2 aromatic rings. The molecule has 144 valence electrons. The number of carbonyl (C=O) groups excluding carboxylic acids is 2. The Morgan fingerprint density at radius 3 is 2.52 bits per heavy atom. The van der Waals surface area contributed by atoms with E-state index in [1.807, 2.05) is 0 Å². The summed E-state index contributed by atoms with van der Waals surface area (Å²) in [6.45, 7) is 0.372. The molecule has 0 spiro atoms. The van der Waals surface area contributed by atoms with Crippen LogP contribution in [-0.2, 0) is 19.4 Å². The smallest absolute Gasteiger partial charge is 0.309 e. The van der Waals surface area contributed by atoms with E-state index in [4.69, 9.17) is 13.9 Å². The molecule has 27 heavy (non-hydrogen) atoms. The second kappa shape index (κ2) is 7.70. The summed E-state index contributed by atoms with van der Waals surface area (Å²) in [6, 6.07) is 7.33. The summed E-state index contributed by atoms with van der Waals surface area (Å²) in [5.74, 6) is -0.879. The third-order valence-electron chi connectivity index (χ3n) is 3.96. The van der Waals surface area contributed by atoms with Gasteiger partial charge in [-0.05, 0) is 24.3 Å². The SMILES string of the molecule is CNC(=O)C(=O)NC[C@H](c1ccco1)S(=O)(=O)c1ccc2c(c1)OCCO2. The van der Waals surface area contributed by atoms with Gasteiger partial charge in [0, 0.05) is 19.7 Å². The second-order valence-corrected chi connectivity index (χ2v) is 7.77. The summed E-state index contributed by atoms with van der Waals surface area (Å²) in [5.41, 5.74) is 0. The maximum Gasteiger partial charge on any atom is 0.309 e. The predicted molar refractivity (Wildman–Crippen MR) is 93.1 cm³/mol. The summed E-state index contributed by atoms with van der Waals surface area (Å²) in [5, 5.41) is 3.27. The number of benzene rings is 1. The molecule has 2 heterocycles. The lowest BCUT2D eigenvalue weighted by atomic mass is 10.3. The molecule has 1 aromatic carbocycles. The first-order chi connectivity index (χ1) is 12.9. The first kappa shape index (κ1) is 18.8. The maximum absolute atomic E-state index is 13.2. The maximum atomic E-state index is 13.2. The van der Waals surface area contributed by atoms with Crippen molar-refractivity contribution in [1.29, 1.82) is 0 Å². The number of fused-ring (bicyclic) bond motifs is 1. The molecular formula is C17H18N2O7S. The highest BCUT2D eigenvalue weighted by molar-refractivity contribution is 7.91. The number of sulfone groups is 1. The van der Waals surface area contributed by atoms with Crippen LogP contribution in [0.3, 0.4) is 0 Å². The number of carbonyl (C=O) groups is 2. The molecule has 1 aliphatic rings. The molecule has 2 N–H and O–H groups in total. The summed E-state index contributed by atoms with van der Waals surface area (Å²) in [6.07, 6.45) is 1.34. The zero-order valence-electron chi connectivity index (χ0n) is 14.4. The van der Waals surface area contributed by atoms with Gasteiger partial charge in [0.1, 0.15) is 24.2 Å².